The van der Waals surface area contributed by atoms with Crippen LogP contribution in [0.4, 0.5) is 0 Å². The Bertz CT molecular complexity index is 506. The number of hydrogen-bond donors (Lipinski definition) is 0. The second-order valence-corrected chi connectivity index (χ2v) is 3.80. The van der Waals surface area contributed by atoms with Gasteiger partial charge in [-0.2, -0.15) is 0 Å². The van der Waals surface area contributed by atoms with Crippen molar-refractivity contribution in [3.63, 3.8) is 0 Å². The van der Waals surface area contributed by atoms with Crippen molar-refractivity contribution in [2.24, 2.45) is 0 Å². The Hall–Kier alpha value is -1.56. The minimum absolute atomic E-state index is 1.18. The first-order chi connectivity index (χ1) is 7.95. The average Bonchev–Trinajstić information content (AvgIpc) is 2.41. The first-order valence-electron chi connectivity index (χ1n) is 6.12. The summed E-state index contributed by atoms with van der Waals surface area (Å²) in [5.41, 5.74) is 2.92. The van der Waals surface area contributed by atoms with Gasteiger partial charge in [-0.25, -0.2) is 0 Å². The first kappa shape index (κ1) is 10.9. The molecule has 0 amide bonds. The zero-order valence-electron chi connectivity index (χ0n) is 10.0. The zero-order valence-corrected chi connectivity index (χ0v) is 10.0. The van der Waals surface area contributed by atoms with Crippen LogP contribution in [0.1, 0.15) is 31.4 Å². The van der Waals surface area contributed by atoms with Crippen LogP contribution in [0.25, 0.3) is 16.8 Å². The Kier molecular flexibility index (Phi) is 3.40. The first-order valence-corrected chi connectivity index (χ1v) is 6.12. The summed E-state index contributed by atoms with van der Waals surface area (Å²) < 4.78 is 0. The van der Waals surface area contributed by atoms with Gasteiger partial charge in [-0.1, -0.05) is 62.4 Å². The van der Waals surface area contributed by atoms with Crippen molar-refractivity contribution in [1.29, 1.82) is 0 Å². The van der Waals surface area contributed by atoms with Crippen molar-refractivity contribution in [2.45, 2.75) is 26.7 Å². The van der Waals surface area contributed by atoms with Crippen LogP contribution in [0.3, 0.4) is 0 Å². The largest absolute Gasteiger partial charge is 0.0836 e. The van der Waals surface area contributed by atoms with E-state index in [0.717, 1.165) is 0 Å². The van der Waals surface area contributed by atoms with E-state index >= 15 is 0 Å². The van der Waals surface area contributed by atoms with E-state index in [9.17, 15) is 0 Å². The SMILES string of the molecule is C1=Cc2ccc3ccccc3c2CC1.CC. The van der Waals surface area contributed by atoms with Crippen LogP contribution in [-0.4, -0.2) is 0 Å². The fraction of sp³-hybridized carbons (Fsp3) is 0.250. The summed E-state index contributed by atoms with van der Waals surface area (Å²) in [6.07, 6.45) is 6.87. The number of hydrogen-bond acceptors (Lipinski definition) is 0. The molecule has 0 N–H and O–H groups in total. The van der Waals surface area contributed by atoms with Crippen molar-refractivity contribution < 1.29 is 0 Å². The predicted octanol–water partition coefficient (Wildman–Crippen LogP) is 4.83. The monoisotopic (exact) mass is 210 g/mol. The highest BCUT2D eigenvalue weighted by atomic mass is 14.1. The third-order valence-electron chi connectivity index (χ3n) is 2.94. The van der Waals surface area contributed by atoms with Crippen molar-refractivity contribution in [3.8, 4) is 0 Å². The van der Waals surface area contributed by atoms with Gasteiger partial charge in [-0.15, -0.1) is 0 Å². The Morgan fingerprint density at radius 1 is 0.938 bits per heavy atom. The van der Waals surface area contributed by atoms with E-state index in [1.807, 2.05) is 13.8 Å². The molecule has 0 saturated carbocycles. The van der Waals surface area contributed by atoms with Crippen molar-refractivity contribution in [1.82, 2.24) is 0 Å². The van der Waals surface area contributed by atoms with Gasteiger partial charge in [0.1, 0.15) is 0 Å². The molecular formula is C16H18. The van der Waals surface area contributed by atoms with Gasteiger partial charge in [0.2, 0.25) is 0 Å². The summed E-state index contributed by atoms with van der Waals surface area (Å²) >= 11 is 0. The number of aryl methyl sites for hydroxylation is 1. The van der Waals surface area contributed by atoms with E-state index in [1.54, 1.807) is 0 Å². The lowest BCUT2D eigenvalue weighted by Crippen LogP contribution is -1.94. The van der Waals surface area contributed by atoms with Crippen molar-refractivity contribution in [3.05, 3.63) is 53.6 Å². The van der Waals surface area contributed by atoms with Gasteiger partial charge in [-0.3, -0.25) is 0 Å². The topological polar surface area (TPSA) is 0 Å². The van der Waals surface area contributed by atoms with E-state index in [1.165, 1.54) is 34.7 Å². The highest BCUT2D eigenvalue weighted by Gasteiger charge is 2.07. The van der Waals surface area contributed by atoms with Crippen LogP contribution in [0, 0.1) is 0 Å². The third-order valence-corrected chi connectivity index (χ3v) is 2.94. The van der Waals surface area contributed by atoms with Crippen LogP contribution in [0.2, 0.25) is 0 Å². The maximum absolute atomic E-state index is 2.26. The number of benzene rings is 2. The molecule has 0 bridgehead atoms. The summed E-state index contributed by atoms with van der Waals surface area (Å²) in [6, 6.07) is 13.1. The maximum atomic E-state index is 2.26. The number of allylic oxidation sites excluding steroid dienone is 1. The fourth-order valence-electron chi connectivity index (χ4n) is 2.23. The molecule has 82 valence electrons. The molecular weight excluding hydrogens is 192 g/mol. The van der Waals surface area contributed by atoms with Crippen LogP contribution in [-0.2, 0) is 6.42 Å². The molecule has 2 aromatic carbocycles. The van der Waals surface area contributed by atoms with E-state index in [-0.39, 0.29) is 0 Å². The standard InChI is InChI=1S/C14H12.C2H6/c1-3-7-13-11(5-1)9-10-12-6-2-4-8-14(12)13;1-2/h1-3,5-7,9-10H,4,8H2;1-2H3. The van der Waals surface area contributed by atoms with Gasteiger partial charge in [-0.05, 0) is 34.7 Å². The maximum Gasteiger partial charge on any atom is -0.0146 e. The highest BCUT2D eigenvalue weighted by molar-refractivity contribution is 5.89. The molecule has 3 rings (SSSR count). The normalized spacial score (nSPS) is 12.9. The van der Waals surface area contributed by atoms with Crippen LogP contribution in [0.15, 0.2) is 42.5 Å². The van der Waals surface area contributed by atoms with Gasteiger partial charge in [0, 0.05) is 0 Å². The van der Waals surface area contributed by atoms with Gasteiger partial charge in [0.25, 0.3) is 0 Å². The molecule has 16 heavy (non-hydrogen) atoms. The molecule has 2 aromatic rings. The van der Waals surface area contributed by atoms with Gasteiger partial charge in [0.15, 0.2) is 0 Å². The minimum Gasteiger partial charge on any atom is -0.0836 e. The molecule has 0 unspecified atom stereocenters. The lowest BCUT2D eigenvalue weighted by atomic mass is 9.92. The highest BCUT2D eigenvalue weighted by Crippen LogP contribution is 2.27. The summed E-state index contributed by atoms with van der Waals surface area (Å²) in [6.45, 7) is 4.00. The minimum atomic E-state index is 1.18. The van der Waals surface area contributed by atoms with E-state index in [2.05, 4.69) is 48.6 Å². The van der Waals surface area contributed by atoms with Crippen LogP contribution >= 0.6 is 0 Å². The van der Waals surface area contributed by atoms with E-state index in [4.69, 9.17) is 0 Å². The Balaban J connectivity index is 0.000000457. The van der Waals surface area contributed by atoms with Gasteiger partial charge < -0.3 is 0 Å². The Morgan fingerprint density at radius 3 is 2.62 bits per heavy atom. The lowest BCUT2D eigenvalue weighted by Gasteiger charge is -2.13. The molecule has 1 aliphatic rings. The third kappa shape index (κ3) is 1.88. The summed E-state index contributed by atoms with van der Waals surface area (Å²) in [5.74, 6) is 0. The van der Waals surface area contributed by atoms with Gasteiger partial charge in [0.05, 0.1) is 0 Å². The average molecular weight is 210 g/mol. The van der Waals surface area contributed by atoms with E-state index in [0.29, 0.717) is 0 Å². The number of rotatable bonds is 0. The molecule has 0 radical (unpaired) electrons. The Morgan fingerprint density at radius 2 is 1.75 bits per heavy atom. The summed E-state index contributed by atoms with van der Waals surface area (Å²) in [4.78, 5) is 0. The summed E-state index contributed by atoms with van der Waals surface area (Å²) in [7, 11) is 0. The smallest absolute Gasteiger partial charge is 0.0146 e. The molecule has 0 heteroatoms. The molecule has 0 aromatic heterocycles. The van der Waals surface area contributed by atoms with E-state index < -0.39 is 0 Å². The molecule has 0 aliphatic heterocycles. The predicted molar refractivity (Wildman–Crippen MR) is 72.7 cm³/mol. The molecule has 0 heterocycles. The molecule has 0 fully saturated rings. The molecule has 0 atom stereocenters. The molecule has 0 spiro atoms. The fourth-order valence-corrected chi connectivity index (χ4v) is 2.23. The summed E-state index contributed by atoms with van der Waals surface area (Å²) in [5, 5.41) is 2.79. The molecule has 0 saturated heterocycles. The second kappa shape index (κ2) is 4.98. The second-order valence-electron chi connectivity index (χ2n) is 3.80. The molecule has 0 nitrogen and oxygen atoms in total. The van der Waals surface area contributed by atoms with Crippen LogP contribution in [0.5, 0.6) is 0 Å². The Labute approximate surface area is 97.6 Å². The van der Waals surface area contributed by atoms with Crippen molar-refractivity contribution >= 4 is 16.8 Å². The zero-order chi connectivity index (χ0) is 11.4. The quantitative estimate of drug-likeness (QED) is 0.584. The molecule has 1 aliphatic carbocycles. The van der Waals surface area contributed by atoms with Crippen LogP contribution < -0.4 is 0 Å². The van der Waals surface area contributed by atoms with Crippen molar-refractivity contribution in [2.75, 3.05) is 0 Å². The lowest BCUT2D eigenvalue weighted by molar-refractivity contribution is 0.997. The van der Waals surface area contributed by atoms with Gasteiger partial charge >= 0.3 is 0 Å². The number of fused-ring (bicyclic) bond motifs is 3.